The van der Waals surface area contributed by atoms with Crippen molar-refractivity contribution in [3.8, 4) is 17.5 Å². The molecule has 0 radical (unpaired) electrons. The van der Waals surface area contributed by atoms with E-state index in [1.807, 2.05) is 6.07 Å². The minimum Gasteiger partial charge on any atom is -0.419 e. The molecule has 1 aliphatic heterocycles. The summed E-state index contributed by atoms with van der Waals surface area (Å²) in [4.78, 5) is 13.7. The van der Waals surface area contributed by atoms with Crippen LogP contribution in [0.15, 0.2) is 56.8 Å². The van der Waals surface area contributed by atoms with E-state index in [2.05, 4.69) is 10.2 Å². The van der Waals surface area contributed by atoms with Crippen LogP contribution in [-0.2, 0) is 21.2 Å². The topological polar surface area (TPSA) is 143 Å². The number of nitriles is 1. The molecule has 2 aromatic carbocycles. The van der Waals surface area contributed by atoms with Gasteiger partial charge >= 0.3 is 0 Å². The number of carbonyl (C=O) groups excluding carboxylic acids is 1. The summed E-state index contributed by atoms with van der Waals surface area (Å²) in [5, 5.41) is 17.6. The highest BCUT2D eigenvalue weighted by Crippen LogP contribution is 2.37. The Kier molecular flexibility index (Phi) is 5.65. The maximum Gasteiger partial charge on any atom is 0.275 e. The highest BCUT2D eigenvalue weighted by molar-refractivity contribution is 7.94. The second-order valence-corrected chi connectivity index (χ2v) is 9.43. The smallest absolute Gasteiger partial charge is 0.275 e. The minimum absolute atomic E-state index is 0.0329. The first-order chi connectivity index (χ1) is 15.6. The Hall–Kier alpha value is -3.75. The van der Waals surface area contributed by atoms with Gasteiger partial charge in [-0.15, -0.1) is 10.2 Å². The average molecular weight is 488 g/mol. The third kappa shape index (κ3) is 4.18. The first-order valence-corrected chi connectivity index (χ1v) is 11.4. The summed E-state index contributed by atoms with van der Waals surface area (Å²) in [5.74, 6) is -2.79. The van der Waals surface area contributed by atoms with E-state index in [9.17, 15) is 17.6 Å². The van der Waals surface area contributed by atoms with E-state index in [1.165, 1.54) is 6.92 Å². The van der Waals surface area contributed by atoms with E-state index >= 15 is 0 Å². The number of anilines is 1. The van der Waals surface area contributed by atoms with Crippen LogP contribution in [0.1, 0.15) is 24.3 Å². The molecule has 0 fully saturated rings. The molecule has 2 N–H and O–H groups in total. The van der Waals surface area contributed by atoms with Crippen molar-refractivity contribution in [3.05, 3.63) is 69.8 Å². The molecule has 0 spiro atoms. The zero-order valence-electron chi connectivity index (χ0n) is 17.0. The molecule has 168 valence electrons. The van der Waals surface area contributed by atoms with E-state index in [1.54, 1.807) is 24.3 Å². The zero-order chi connectivity index (χ0) is 23.9. The molecule has 1 atom stereocenters. The molecule has 1 aliphatic rings. The summed E-state index contributed by atoms with van der Waals surface area (Å²) >= 11 is 5.92. The maximum atomic E-state index is 15.0. The number of fused-ring (bicyclic) bond motifs is 1. The van der Waals surface area contributed by atoms with E-state index < -0.39 is 38.1 Å². The summed E-state index contributed by atoms with van der Waals surface area (Å²) in [5.41, 5.74) is 5.50. The molecule has 3 aromatic rings. The highest BCUT2D eigenvalue weighted by Gasteiger charge is 2.33. The van der Waals surface area contributed by atoms with Crippen LogP contribution in [0.4, 0.5) is 10.1 Å². The fourth-order valence-electron chi connectivity index (χ4n) is 3.20. The Bertz CT molecular complexity index is 1440. The monoisotopic (exact) mass is 487 g/mol. The lowest BCUT2D eigenvalue weighted by molar-refractivity contribution is -0.115. The highest BCUT2D eigenvalue weighted by atomic mass is 35.5. The van der Waals surface area contributed by atoms with Crippen LogP contribution in [0.25, 0.3) is 11.5 Å². The molecule has 9 nitrogen and oxygen atoms in total. The summed E-state index contributed by atoms with van der Waals surface area (Å²) in [6, 6.07) is 10.4. The molecule has 0 aliphatic carbocycles. The van der Waals surface area contributed by atoms with Gasteiger partial charge in [-0.05, 0) is 36.8 Å². The molecule has 12 heteroatoms. The normalized spacial score (nSPS) is 15.9. The first kappa shape index (κ1) is 22.4. The van der Waals surface area contributed by atoms with Crippen molar-refractivity contribution in [1.82, 2.24) is 10.2 Å². The van der Waals surface area contributed by atoms with Gasteiger partial charge in [0.1, 0.15) is 17.4 Å². The van der Waals surface area contributed by atoms with Gasteiger partial charge in [0.2, 0.25) is 15.7 Å². The molecule has 1 amide bonds. The fourth-order valence-corrected chi connectivity index (χ4v) is 4.61. The predicted molar refractivity (Wildman–Crippen MR) is 116 cm³/mol. The molecule has 0 saturated heterocycles. The quantitative estimate of drug-likeness (QED) is 0.590. The van der Waals surface area contributed by atoms with Crippen LogP contribution in [0.3, 0.4) is 0 Å². The molecule has 2 heterocycles. The van der Waals surface area contributed by atoms with E-state index in [0.717, 1.165) is 17.0 Å². The van der Waals surface area contributed by atoms with E-state index in [-0.39, 0.29) is 29.6 Å². The van der Waals surface area contributed by atoms with Gasteiger partial charge in [-0.25, -0.2) is 12.8 Å². The molecule has 1 aromatic heterocycles. The number of halogens is 2. The predicted octanol–water partition coefficient (Wildman–Crippen LogP) is 3.28. The largest absolute Gasteiger partial charge is 0.419 e. The Morgan fingerprint density at radius 1 is 1.27 bits per heavy atom. The Morgan fingerprint density at radius 2 is 1.97 bits per heavy atom. The second kappa shape index (κ2) is 8.31. The average Bonchev–Trinajstić information content (AvgIpc) is 3.25. The van der Waals surface area contributed by atoms with Gasteiger partial charge in [-0.1, -0.05) is 23.7 Å². The van der Waals surface area contributed by atoms with Crippen molar-refractivity contribution in [3.63, 3.8) is 0 Å². The van der Waals surface area contributed by atoms with Crippen molar-refractivity contribution < 1.29 is 22.0 Å². The number of nitrogens with zero attached hydrogens (tertiary/aromatic N) is 4. The fraction of sp³-hybridized carbons (Fsp3) is 0.143. The van der Waals surface area contributed by atoms with E-state index in [0.29, 0.717) is 16.0 Å². The number of rotatable bonds is 4. The van der Waals surface area contributed by atoms with E-state index in [4.69, 9.17) is 27.0 Å². The number of hydrogen-bond donors (Lipinski definition) is 1. The van der Waals surface area contributed by atoms with Gasteiger partial charge < -0.3 is 15.1 Å². The SMILES string of the molecule is CC(C#N)c1nnc(-c2cc3c(cc2F)S(=O)(=O)C=C(N)C(=O)N3Cc2ccc(Cl)cc2)o1. The number of hydrogen-bond acceptors (Lipinski definition) is 8. The van der Waals surface area contributed by atoms with Gasteiger partial charge in [0, 0.05) is 5.02 Å². The first-order valence-electron chi connectivity index (χ1n) is 9.46. The third-order valence-electron chi connectivity index (χ3n) is 4.91. The zero-order valence-corrected chi connectivity index (χ0v) is 18.6. The van der Waals surface area contributed by atoms with Crippen LogP contribution >= 0.6 is 11.6 Å². The lowest BCUT2D eigenvalue weighted by atomic mass is 10.1. The molecule has 1 unspecified atom stereocenters. The summed E-state index contributed by atoms with van der Waals surface area (Å²) in [6.45, 7) is 1.46. The molecular formula is C21H15ClFN5O4S. The van der Waals surface area contributed by atoms with Gasteiger partial charge in [0.25, 0.3) is 11.8 Å². The number of aromatic nitrogens is 2. The van der Waals surface area contributed by atoms with Crippen LogP contribution in [0.2, 0.25) is 5.02 Å². The van der Waals surface area contributed by atoms with Gasteiger partial charge in [0.05, 0.1) is 34.2 Å². The molecule has 0 bridgehead atoms. The lowest BCUT2D eigenvalue weighted by Gasteiger charge is -2.23. The number of amides is 1. The summed E-state index contributed by atoms with van der Waals surface area (Å²) < 4.78 is 46.0. The van der Waals surface area contributed by atoms with Crippen molar-refractivity contribution in [2.45, 2.75) is 24.3 Å². The van der Waals surface area contributed by atoms with Crippen LogP contribution < -0.4 is 10.6 Å². The number of carbonyl (C=O) groups is 1. The second-order valence-electron chi connectivity index (χ2n) is 7.23. The maximum absolute atomic E-state index is 15.0. The van der Waals surface area contributed by atoms with Crippen molar-refractivity contribution in [2.75, 3.05) is 4.90 Å². The molecule has 0 saturated carbocycles. The number of sulfone groups is 1. The molecule has 4 rings (SSSR count). The van der Waals surface area contributed by atoms with Crippen molar-refractivity contribution >= 4 is 33.0 Å². The van der Waals surface area contributed by atoms with Crippen LogP contribution in [0.5, 0.6) is 0 Å². The Balaban J connectivity index is 1.90. The molecular weight excluding hydrogens is 473 g/mol. The Labute approximate surface area is 192 Å². The number of nitrogens with two attached hydrogens (primary N) is 1. The summed E-state index contributed by atoms with van der Waals surface area (Å²) in [6.07, 6.45) is 0. The minimum atomic E-state index is -4.25. The molecule has 33 heavy (non-hydrogen) atoms. The number of benzene rings is 2. The van der Waals surface area contributed by atoms with Crippen LogP contribution in [0, 0.1) is 17.1 Å². The van der Waals surface area contributed by atoms with Gasteiger partial charge in [-0.2, -0.15) is 5.26 Å². The van der Waals surface area contributed by atoms with Gasteiger partial charge in [-0.3, -0.25) is 4.79 Å². The summed E-state index contributed by atoms with van der Waals surface area (Å²) in [7, 11) is -4.25. The van der Waals surface area contributed by atoms with Crippen molar-refractivity contribution in [1.29, 1.82) is 5.26 Å². The third-order valence-corrected chi connectivity index (χ3v) is 6.67. The standard InChI is InChI=1S/C21H15ClFN5O4S/c1-11(8-24)19-26-27-20(32-19)14-6-17-18(7-15(14)23)33(30,31)10-16(25)21(29)28(17)9-12-2-4-13(22)5-3-12/h2-7,10-11H,9,25H2,1H3. The Morgan fingerprint density at radius 3 is 2.64 bits per heavy atom. The van der Waals surface area contributed by atoms with Crippen LogP contribution in [-0.4, -0.2) is 24.5 Å². The van der Waals surface area contributed by atoms with Crippen molar-refractivity contribution in [2.24, 2.45) is 5.73 Å². The van der Waals surface area contributed by atoms with Gasteiger partial charge in [0.15, 0.2) is 0 Å². The lowest BCUT2D eigenvalue weighted by Crippen LogP contribution is -2.33.